The normalized spacial score (nSPS) is 10.8. The van der Waals surface area contributed by atoms with Crippen molar-refractivity contribution in [3.63, 3.8) is 0 Å². The van der Waals surface area contributed by atoms with E-state index in [1.165, 1.54) is 0 Å². The van der Waals surface area contributed by atoms with Gasteiger partial charge in [-0.25, -0.2) is 0 Å². The smallest absolute Gasteiger partial charge is 0.0723 e. The lowest BCUT2D eigenvalue weighted by atomic mass is 10.1. The van der Waals surface area contributed by atoms with Gasteiger partial charge >= 0.3 is 0 Å². The fourth-order valence-corrected chi connectivity index (χ4v) is 3.14. The first-order chi connectivity index (χ1) is 12.2. The molecule has 0 amide bonds. The van der Waals surface area contributed by atoms with Crippen molar-refractivity contribution in [2.45, 2.75) is 0 Å². The first-order valence-corrected chi connectivity index (χ1v) is 8.63. The van der Waals surface area contributed by atoms with Crippen LogP contribution in [-0.4, -0.2) is 4.98 Å². The molecular weight excluding hydrogens is 351 g/mol. The number of hydrogen-bond donors (Lipinski definition) is 0. The van der Waals surface area contributed by atoms with E-state index in [2.05, 4.69) is 16.0 Å². The van der Waals surface area contributed by atoms with Gasteiger partial charge in [0, 0.05) is 33.0 Å². The Balaban J connectivity index is 1.96. The molecule has 0 N–H and O–H groups in total. The molecule has 122 valence electrons. The van der Waals surface area contributed by atoms with Gasteiger partial charge < -0.3 is 4.90 Å². The molecule has 0 atom stereocenters. The molecule has 4 rings (SSSR count). The van der Waals surface area contributed by atoms with Crippen LogP contribution in [0.4, 0.5) is 17.1 Å². The molecule has 1 aromatic heterocycles. The van der Waals surface area contributed by atoms with Crippen LogP contribution in [0.25, 0.3) is 10.9 Å². The third-order valence-electron chi connectivity index (χ3n) is 4.04. The number of pyridine rings is 1. The number of halogens is 2. The summed E-state index contributed by atoms with van der Waals surface area (Å²) in [7, 11) is 0. The molecule has 0 fully saturated rings. The minimum Gasteiger partial charge on any atom is -0.310 e. The van der Waals surface area contributed by atoms with Gasteiger partial charge in [0.05, 0.1) is 11.2 Å². The average Bonchev–Trinajstić information content (AvgIpc) is 2.65. The van der Waals surface area contributed by atoms with E-state index in [1.54, 1.807) is 0 Å². The van der Waals surface area contributed by atoms with Crippen molar-refractivity contribution >= 4 is 51.2 Å². The van der Waals surface area contributed by atoms with E-state index in [9.17, 15) is 0 Å². The molecule has 0 unspecified atom stereocenters. The molecule has 0 radical (unpaired) electrons. The molecule has 1 heterocycles. The van der Waals surface area contributed by atoms with Crippen molar-refractivity contribution in [2.75, 3.05) is 4.90 Å². The largest absolute Gasteiger partial charge is 0.310 e. The quantitative estimate of drug-likeness (QED) is 0.388. The molecule has 3 aromatic carbocycles. The van der Waals surface area contributed by atoms with E-state index in [0.717, 1.165) is 28.0 Å². The number of nitrogens with zero attached hydrogens (tertiary/aromatic N) is 2. The molecule has 25 heavy (non-hydrogen) atoms. The monoisotopic (exact) mass is 364 g/mol. The van der Waals surface area contributed by atoms with Gasteiger partial charge in [0.25, 0.3) is 0 Å². The molecule has 4 aromatic rings. The molecule has 0 spiro atoms. The summed E-state index contributed by atoms with van der Waals surface area (Å²) in [6, 6.07) is 25.7. The number of fused-ring (bicyclic) bond motifs is 1. The summed E-state index contributed by atoms with van der Waals surface area (Å²) < 4.78 is 0. The Morgan fingerprint density at radius 2 is 1.20 bits per heavy atom. The average molecular weight is 365 g/mol. The van der Waals surface area contributed by atoms with E-state index in [1.807, 2.05) is 79.0 Å². The Bertz CT molecular complexity index is 961. The molecule has 2 nitrogen and oxygen atoms in total. The third kappa shape index (κ3) is 3.19. The Labute approximate surface area is 156 Å². The van der Waals surface area contributed by atoms with Gasteiger partial charge in [-0.05, 0) is 60.7 Å². The van der Waals surface area contributed by atoms with Crippen molar-refractivity contribution in [3.05, 3.63) is 95.1 Å². The minimum atomic E-state index is 0.708. The molecule has 0 bridgehead atoms. The maximum Gasteiger partial charge on any atom is 0.0723 e. The highest BCUT2D eigenvalue weighted by Crippen LogP contribution is 2.38. The summed E-state index contributed by atoms with van der Waals surface area (Å²) in [6.07, 6.45) is 1.83. The predicted octanol–water partition coefficient (Wildman–Crippen LogP) is 7.01. The summed E-state index contributed by atoms with van der Waals surface area (Å²) in [5.41, 5.74) is 4.04. The lowest BCUT2D eigenvalue weighted by Crippen LogP contribution is -2.10. The highest BCUT2D eigenvalue weighted by atomic mass is 35.5. The second kappa shape index (κ2) is 6.75. The second-order valence-electron chi connectivity index (χ2n) is 5.64. The molecule has 0 saturated carbocycles. The van der Waals surface area contributed by atoms with Crippen molar-refractivity contribution in [2.24, 2.45) is 0 Å². The topological polar surface area (TPSA) is 16.1 Å². The van der Waals surface area contributed by atoms with Gasteiger partial charge in [-0.15, -0.1) is 0 Å². The highest BCUT2D eigenvalue weighted by Gasteiger charge is 2.15. The van der Waals surface area contributed by atoms with Crippen LogP contribution in [0.15, 0.2) is 85.1 Å². The van der Waals surface area contributed by atoms with E-state index in [0.29, 0.717) is 10.0 Å². The van der Waals surface area contributed by atoms with E-state index in [-0.39, 0.29) is 0 Å². The summed E-state index contributed by atoms with van der Waals surface area (Å²) in [4.78, 5) is 6.65. The van der Waals surface area contributed by atoms with Crippen molar-refractivity contribution in [1.29, 1.82) is 0 Å². The van der Waals surface area contributed by atoms with Crippen LogP contribution in [0, 0.1) is 0 Å². The summed E-state index contributed by atoms with van der Waals surface area (Å²) in [5.74, 6) is 0. The first kappa shape index (κ1) is 15.9. The Morgan fingerprint density at radius 3 is 1.80 bits per heavy atom. The zero-order valence-electron chi connectivity index (χ0n) is 13.2. The third-order valence-corrected chi connectivity index (χ3v) is 4.54. The van der Waals surface area contributed by atoms with Crippen LogP contribution in [0.5, 0.6) is 0 Å². The van der Waals surface area contributed by atoms with Crippen molar-refractivity contribution < 1.29 is 0 Å². The second-order valence-corrected chi connectivity index (χ2v) is 6.51. The van der Waals surface area contributed by atoms with E-state index < -0.39 is 0 Å². The Morgan fingerprint density at radius 1 is 0.640 bits per heavy atom. The SMILES string of the molecule is Clc1ccc(N(c2ccc(Cl)cc2)c2ccnc3ccccc23)cc1. The highest BCUT2D eigenvalue weighted by molar-refractivity contribution is 6.31. The van der Waals surface area contributed by atoms with Crippen molar-refractivity contribution in [1.82, 2.24) is 4.98 Å². The zero-order valence-corrected chi connectivity index (χ0v) is 14.7. The van der Waals surface area contributed by atoms with Crippen LogP contribution in [0.3, 0.4) is 0 Å². The summed E-state index contributed by atoms with van der Waals surface area (Å²) >= 11 is 12.2. The standard InChI is InChI=1S/C21H14Cl2N2/c22-15-5-9-17(10-6-15)25(18-11-7-16(23)8-12-18)21-13-14-24-20-4-2-1-3-19(20)21/h1-14H. The van der Waals surface area contributed by atoms with Gasteiger partial charge in [-0.1, -0.05) is 41.4 Å². The Kier molecular flexibility index (Phi) is 4.31. The summed E-state index contributed by atoms with van der Waals surface area (Å²) in [5, 5.41) is 2.49. The van der Waals surface area contributed by atoms with Crippen LogP contribution in [0.2, 0.25) is 10.0 Å². The maximum absolute atomic E-state index is 6.08. The first-order valence-electron chi connectivity index (χ1n) is 7.87. The molecule has 4 heteroatoms. The van der Waals surface area contributed by atoms with Gasteiger partial charge in [0.2, 0.25) is 0 Å². The minimum absolute atomic E-state index is 0.708. The molecule has 0 aliphatic heterocycles. The number of aromatic nitrogens is 1. The lowest BCUT2D eigenvalue weighted by Gasteiger charge is -2.26. The van der Waals surface area contributed by atoms with Gasteiger partial charge in [-0.3, -0.25) is 4.98 Å². The number of anilines is 3. The van der Waals surface area contributed by atoms with Gasteiger partial charge in [-0.2, -0.15) is 0 Å². The fraction of sp³-hybridized carbons (Fsp3) is 0. The van der Waals surface area contributed by atoms with Crippen molar-refractivity contribution in [3.8, 4) is 0 Å². The van der Waals surface area contributed by atoms with E-state index >= 15 is 0 Å². The number of hydrogen-bond acceptors (Lipinski definition) is 2. The number of benzene rings is 3. The molecular formula is C21H14Cl2N2. The van der Waals surface area contributed by atoms with Crippen LogP contribution in [0.1, 0.15) is 0 Å². The van der Waals surface area contributed by atoms with Crippen LogP contribution in [-0.2, 0) is 0 Å². The Hall–Kier alpha value is -2.55. The summed E-state index contributed by atoms with van der Waals surface area (Å²) in [6.45, 7) is 0. The molecule has 0 aliphatic rings. The van der Waals surface area contributed by atoms with Gasteiger partial charge in [0.15, 0.2) is 0 Å². The van der Waals surface area contributed by atoms with Gasteiger partial charge in [0.1, 0.15) is 0 Å². The van der Waals surface area contributed by atoms with E-state index in [4.69, 9.17) is 23.2 Å². The lowest BCUT2D eigenvalue weighted by molar-refractivity contribution is 1.28. The molecule has 0 aliphatic carbocycles. The van der Waals surface area contributed by atoms with Crippen LogP contribution < -0.4 is 4.90 Å². The maximum atomic E-state index is 6.08. The van der Waals surface area contributed by atoms with Crippen LogP contribution >= 0.6 is 23.2 Å². The molecule has 0 saturated heterocycles. The number of rotatable bonds is 3. The predicted molar refractivity (Wildman–Crippen MR) is 106 cm³/mol. The fourth-order valence-electron chi connectivity index (χ4n) is 2.88. The number of para-hydroxylation sites is 1. The zero-order chi connectivity index (χ0) is 17.2.